The number of fused-ring (bicyclic) bond motifs is 1. The van der Waals surface area contributed by atoms with Gasteiger partial charge in [0.1, 0.15) is 11.5 Å². The first-order chi connectivity index (χ1) is 17.3. The maximum Gasteiger partial charge on any atom is 0.169 e. The molecule has 0 heterocycles. The second kappa shape index (κ2) is 16.1. The average Bonchev–Trinajstić information content (AvgIpc) is 2.88. The van der Waals surface area contributed by atoms with Crippen LogP contribution in [0.3, 0.4) is 0 Å². The number of benzene rings is 3. The van der Waals surface area contributed by atoms with E-state index >= 15 is 0 Å². The molecule has 3 nitrogen and oxygen atoms in total. The summed E-state index contributed by atoms with van der Waals surface area (Å²) in [5, 5.41) is 2.23. The van der Waals surface area contributed by atoms with E-state index in [4.69, 9.17) is 14.2 Å². The Morgan fingerprint density at radius 3 is 1.77 bits per heavy atom. The van der Waals surface area contributed by atoms with Gasteiger partial charge >= 0.3 is 0 Å². The predicted molar refractivity (Wildman–Crippen MR) is 148 cm³/mol. The number of para-hydroxylation sites is 1. The summed E-state index contributed by atoms with van der Waals surface area (Å²) >= 11 is 0. The van der Waals surface area contributed by atoms with Crippen LogP contribution >= 0.6 is 0 Å². The number of rotatable bonds is 18. The Morgan fingerprint density at radius 2 is 1.09 bits per heavy atom. The Hall–Kier alpha value is -2.68. The Kier molecular flexibility index (Phi) is 12.4. The summed E-state index contributed by atoms with van der Waals surface area (Å²) in [7, 11) is 0. The average molecular weight is 477 g/mol. The molecule has 0 saturated carbocycles. The molecule has 0 unspecified atom stereocenters. The molecule has 0 fully saturated rings. The number of ether oxygens (including phenoxy) is 3. The molecule has 3 rings (SSSR count). The molecule has 0 atom stereocenters. The normalized spacial score (nSPS) is 11.0. The van der Waals surface area contributed by atoms with E-state index < -0.39 is 0 Å². The fraction of sp³-hybridized carbons (Fsp3) is 0.500. The molecule has 0 aliphatic heterocycles. The van der Waals surface area contributed by atoms with Crippen LogP contribution in [0.2, 0.25) is 0 Å². The van der Waals surface area contributed by atoms with Crippen molar-refractivity contribution in [3.63, 3.8) is 0 Å². The van der Waals surface area contributed by atoms with Crippen molar-refractivity contribution in [1.29, 1.82) is 0 Å². The summed E-state index contributed by atoms with van der Waals surface area (Å²) in [6.07, 6.45) is 15.1. The standard InChI is InChI=1S/C32H44O3/c1-3-5-7-9-11-16-22-33-30-21-20-27-25-31(34-23-17-12-10-8-6-4-2)32(26-28(27)24-30)35-29-18-14-13-15-19-29/h13-15,18-21,24-26H,3-12,16-17,22-23H2,1-2H3. The van der Waals surface area contributed by atoms with E-state index in [9.17, 15) is 0 Å². The quantitative estimate of drug-likeness (QED) is 0.171. The van der Waals surface area contributed by atoms with Gasteiger partial charge in [-0.3, -0.25) is 0 Å². The van der Waals surface area contributed by atoms with Crippen molar-refractivity contribution in [2.75, 3.05) is 13.2 Å². The van der Waals surface area contributed by atoms with Gasteiger partial charge in [0.05, 0.1) is 13.2 Å². The second-order valence-electron chi connectivity index (χ2n) is 9.46. The third-order valence-electron chi connectivity index (χ3n) is 6.37. The zero-order chi connectivity index (χ0) is 24.6. The summed E-state index contributed by atoms with van der Waals surface area (Å²) in [6, 6.07) is 20.4. The van der Waals surface area contributed by atoms with Crippen LogP contribution in [-0.2, 0) is 0 Å². The highest BCUT2D eigenvalue weighted by Crippen LogP contribution is 2.37. The van der Waals surface area contributed by atoms with Crippen LogP contribution in [0.4, 0.5) is 0 Å². The summed E-state index contributed by atoms with van der Waals surface area (Å²) in [6.45, 7) is 5.98. The Bertz CT molecular complexity index is 967. The summed E-state index contributed by atoms with van der Waals surface area (Å²) in [5.74, 6) is 3.28. The Balaban J connectivity index is 1.63. The highest BCUT2D eigenvalue weighted by Gasteiger charge is 2.10. The van der Waals surface area contributed by atoms with Gasteiger partial charge in [0.2, 0.25) is 0 Å². The van der Waals surface area contributed by atoms with E-state index in [0.29, 0.717) is 6.61 Å². The van der Waals surface area contributed by atoms with Gasteiger partial charge in [0, 0.05) is 0 Å². The molecule has 3 aromatic rings. The van der Waals surface area contributed by atoms with Crippen molar-refractivity contribution >= 4 is 10.8 Å². The molecule has 0 N–H and O–H groups in total. The summed E-state index contributed by atoms with van der Waals surface area (Å²) in [5.41, 5.74) is 0. The number of unbranched alkanes of at least 4 members (excludes halogenated alkanes) is 10. The minimum atomic E-state index is 0.711. The third kappa shape index (κ3) is 9.84. The van der Waals surface area contributed by atoms with Crippen LogP contribution in [0.5, 0.6) is 23.0 Å². The number of hydrogen-bond donors (Lipinski definition) is 0. The summed E-state index contributed by atoms with van der Waals surface area (Å²) < 4.78 is 18.5. The van der Waals surface area contributed by atoms with Gasteiger partial charge in [0.25, 0.3) is 0 Å². The first-order valence-electron chi connectivity index (χ1n) is 13.9. The monoisotopic (exact) mass is 476 g/mol. The third-order valence-corrected chi connectivity index (χ3v) is 6.37. The zero-order valence-electron chi connectivity index (χ0n) is 21.9. The molecule has 0 radical (unpaired) electrons. The molecular weight excluding hydrogens is 432 g/mol. The van der Waals surface area contributed by atoms with E-state index in [1.54, 1.807) is 0 Å². The molecule has 0 saturated heterocycles. The second-order valence-corrected chi connectivity index (χ2v) is 9.46. The minimum absolute atomic E-state index is 0.711. The van der Waals surface area contributed by atoms with Crippen molar-refractivity contribution in [2.24, 2.45) is 0 Å². The predicted octanol–water partition coefficient (Wildman–Crippen LogP) is 10.1. The van der Waals surface area contributed by atoms with Gasteiger partial charge in [0.15, 0.2) is 11.5 Å². The molecule has 3 aromatic carbocycles. The first-order valence-corrected chi connectivity index (χ1v) is 13.9. The molecule has 0 spiro atoms. The van der Waals surface area contributed by atoms with E-state index in [1.165, 1.54) is 64.2 Å². The van der Waals surface area contributed by atoms with Crippen molar-refractivity contribution in [1.82, 2.24) is 0 Å². The molecule has 0 bridgehead atoms. The van der Waals surface area contributed by atoms with Gasteiger partial charge in [-0.05, 0) is 60.0 Å². The van der Waals surface area contributed by atoms with Gasteiger partial charge in [-0.1, -0.05) is 102 Å². The lowest BCUT2D eigenvalue weighted by Gasteiger charge is -2.15. The molecule has 0 aromatic heterocycles. The van der Waals surface area contributed by atoms with E-state index in [2.05, 4.69) is 44.2 Å². The van der Waals surface area contributed by atoms with Crippen LogP contribution in [0.1, 0.15) is 90.9 Å². The topological polar surface area (TPSA) is 27.7 Å². The van der Waals surface area contributed by atoms with Crippen LogP contribution in [0.25, 0.3) is 10.8 Å². The smallest absolute Gasteiger partial charge is 0.169 e. The highest BCUT2D eigenvalue weighted by molar-refractivity contribution is 5.87. The van der Waals surface area contributed by atoms with Crippen LogP contribution in [-0.4, -0.2) is 13.2 Å². The molecule has 0 aliphatic rings. The first kappa shape index (κ1) is 26.9. The lowest BCUT2D eigenvalue weighted by molar-refractivity contribution is 0.291. The van der Waals surface area contributed by atoms with E-state index in [-0.39, 0.29) is 0 Å². The molecule has 0 aliphatic carbocycles. The Labute approximate surface area is 212 Å². The van der Waals surface area contributed by atoms with Gasteiger partial charge in [-0.2, -0.15) is 0 Å². The molecular formula is C32H44O3. The van der Waals surface area contributed by atoms with Crippen molar-refractivity contribution in [2.45, 2.75) is 90.9 Å². The van der Waals surface area contributed by atoms with Crippen LogP contribution in [0.15, 0.2) is 60.7 Å². The van der Waals surface area contributed by atoms with Gasteiger partial charge < -0.3 is 14.2 Å². The maximum absolute atomic E-state index is 6.25. The largest absolute Gasteiger partial charge is 0.494 e. The number of hydrogen-bond acceptors (Lipinski definition) is 3. The minimum Gasteiger partial charge on any atom is -0.494 e. The Morgan fingerprint density at radius 1 is 0.486 bits per heavy atom. The van der Waals surface area contributed by atoms with Crippen molar-refractivity contribution < 1.29 is 14.2 Å². The summed E-state index contributed by atoms with van der Waals surface area (Å²) in [4.78, 5) is 0. The SMILES string of the molecule is CCCCCCCCOc1ccc2cc(OCCCCCCCC)c(Oc3ccccc3)cc2c1. The highest BCUT2D eigenvalue weighted by atomic mass is 16.5. The van der Waals surface area contributed by atoms with Crippen LogP contribution in [0, 0.1) is 0 Å². The van der Waals surface area contributed by atoms with E-state index in [1.807, 2.05) is 30.3 Å². The fourth-order valence-corrected chi connectivity index (χ4v) is 4.27. The molecule has 0 amide bonds. The maximum atomic E-state index is 6.25. The van der Waals surface area contributed by atoms with Gasteiger partial charge in [-0.15, -0.1) is 0 Å². The van der Waals surface area contributed by atoms with E-state index in [0.717, 1.165) is 53.2 Å². The van der Waals surface area contributed by atoms with Crippen molar-refractivity contribution in [3.05, 3.63) is 60.7 Å². The molecule has 190 valence electrons. The zero-order valence-corrected chi connectivity index (χ0v) is 21.9. The lowest BCUT2D eigenvalue weighted by Crippen LogP contribution is -2.00. The van der Waals surface area contributed by atoms with Crippen molar-refractivity contribution in [3.8, 4) is 23.0 Å². The van der Waals surface area contributed by atoms with Gasteiger partial charge in [-0.25, -0.2) is 0 Å². The van der Waals surface area contributed by atoms with Crippen LogP contribution < -0.4 is 14.2 Å². The molecule has 35 heavy (non-hydrogen) atoms. The fourth-order valence-electron chi connectivity index (χ4n) is 4.27. The lowest BCUT2D eigenvalue weighted by atomic mass is 10.1. The molecule has 3 heteroatoms.